The van der Waals surface area contributed by atoms with Crippen molar-refractivity contribution in [3.8, 4) is 0 Å². The normalized spacial score (nSPS) is 11.4. The second-order valence-corrected chi connectivity index (χ2v) is 5.74. The molecule has 1 rings (SSSR count). The van der Waals surface area contributed by atoms with E-state index in [-0.39, 0.29) is 24.5 Å². The van der Waals surface area contributed by atoms with E-state index in [0.717, 1.165) is 0 Å². The Morgan fingerprint density at radius 2 is 2.16 bits per heavy atom. The number of carbonyl (C=O) groups is 1. The highest BCUT2D eigenvalue weighted by Crippen LogP contribution is 2.18. The molecule has 19 heavy (non-hydrogen) atoms. The second-order valence-electron chi connectivity index (χ2n) is 5.30. The summed E-state index contributed by atoms with van der Waals surface area (Å²) >= 11 is 5.84. The van der Waals surface area contributed by atoms with Crippen molar-refractivity contribution in [2.24, 2.45) is 5.41 Å². The number of hydrogen-bond donors (Lipinski definition) is 3. The highest BCUT2D eigenvalue weighted by atomic mass is 35.5. The van der Waals surface area contributed by atoms with Gasteiger partial charge in [0.25, 0.3) is 0 Å². The van der Waals surface area contributed by atoms with E-state index in [1.807, 2.05) is 13.8 Å². The van der Waals surface area contributed by atoms with E-state index in [1.54, 1.807) is 24.3 Å². The third-order valence-corrected chi connectivity index (χ3v) is 3.02. The van der Waals surface area contributed by atoms with Gasteiger partial charge in [-0.2, -0.15) is 0 Å². The van der Waals surface area contributed by atoms with Crippen LogP contribution in [0.25, 0.3) is 0 Å². The Bertz CT molecular complexity index is 422. The molecule has 0 aliphatic heterocycles. The van der Waals surface area contributed by atoms with Crippen LogP contribution in [0.15, 0.2) is 24.3 Å². The molecular formula is C14H21ClN2O2. The van der Waals surface area contributed by atoms with Crippen molar-refractivity contribution in [2.75, 3.05) is 25.0 Å². The van der Waals surface area contributed by atoms with Crippen molar-refractivity contribution >= 4 is 23.2 Å². The van der Waals surface area contributed by atoms with E-state index in [1.165, 1.54) is 0 Å². The summed E-state index contributed by atoms with van der Waals surface area (Å²) in [6.07, 6.45) is 0.704. The summed E-state index contributed by atoms with van der Waals surface area (Å²) in [5, 5.41) is 15.4. The lowest BCUT2D eigenvalue weighted by Crippen LogP contribution is -2.35. The summed E-state index contributed by atoms with van der Waals surface area (Å²) in [5.74, 6) is -0.109. The molecule has 0 aromatic heterocycles. The molecule has 1 amide bonds. The fourth-order valence-electron chi connectivity index (χ4n) is 1.68. The molecule has 5 heteroatoms. The molecule has 3 N–H and O–H groups in total. The monoisotopic (exact) mass is 284 g/mol. The second kappa shape index (κ2) is 7.48. The van der Waals surface area contributed by atoms with Crippen molar-refractivity contribution in [1.29, 1.82) is 0 Å². The lowest BCUT2D eigenvalue weighted by Gasteiger charge is -2.23. The molecule has 0 saturated heterocycles. The van der Waals surface area contributed by atoms with E-state index in [9.17, 15) is 4.79 Å². The molecule has 0 atom stereocenters. The van der Waals surface area contributed by atoms with Crippen LogP contribution < -0.4 is 10.6 Å². The van der Waals surface area contributed by atoms with E-state index >= 15 is 0 Å². The third kappa shape index (κ3) is 6.57. The van der Waals surface area contributed by atoms with Crippen LogP contribution in [0.3, 0.4) is 0 Å². The summed E-state index contributed by atoms with van der Waals surface area (Å²) in [5.41, 5.74) is 0.666. The highest BCUT2D eigenvalue weighted by Gasteiger charge is 2.16. The Hall–Kier alpha value is -1.10. The van der Waals surface area contributed by atoms with Gasteiger partial charge in [0.05, 0.1) is 6.54 Å². The van der Waals surface area contributed by atoms with Gasteiger partial charge in [0.15, 0.2) is 0 Å². The number of hydrogen-bond acceptors (Lipinski definition) is 3. The van der Waals surface area contributed by atoms with Crippen LogP contribution in [0.4, 0.5) is 5.69 Å². The number of halogens is 1. The topological polar surface area (TPSA) is 61.4 Å². The van der Waals surface area contributed by atoms with E-state index in [4.69, 9.17) is 16.7 Å². The summed E-state index contributed by atoms with van der Waals surface area (Å²) < 4.78 is 0. The van der Waals surface area contributed by atoms with Gasteiger partial charge in [-0.3, -0.25) is 4.79 Å². The van der Waals surface area contributed by atoms with Crippen molar-refractivity contribution in [3.05, 3.63) is 29.3 Å². The lowest BCUT2D eigenvalue weighted by atomic mass is 9.90. The van der Waals surface area contributed by atoms with Crippen LogP contribution in [-0.2, 0) is 4.79 Å². The quantitative estimate of drug-likeness (QED) is 0.720. The van der Waals surface area contributed by atoms with Gasteiger partial charge in [-0.25, -0.2) is 0 Å². The first-order valence-electron chi connectivity index (χ1n) is 6.30. The molecule has 0 heterocycles. The van der Waals surface area contributed by atoms with Gasteiger partial charge in [0.1, 0.15) is 0 Å². The number of rotatable bonds is 7. The number of benzene rings is 1. The van der Waals surface area contributed by atoms with Crippen LogP contribution in [0.1, 0.15) is 20.3 Å². The largest absolute Gasteiger partial charge is 0.396 e. The summed E-state index contributed by atoms with van der Waals surface area (Å²) in [7, 11) is 0. The molecule has 0 spiro atoms. The molecule has 0 bridgehead atoms. The molecule has 0 unspecified atom stereocenters. The van der Waals surface area contributed by atoms with Gasteiger partial charge in [-0.05, 0) is 30.0 Å². The number of amides is 1. The van der Waals surface area contributed by atoms with Crippen LogP contribution in [0, 0.1) is 5.41 Å². The molecule has 1 aromatic carbocycles. The van der Waals surface area contributed by atoms with Crippen LogP contribution in [0.2, 0.25) is 5.02 Å². The SMILES string of the molecule is CC(C)(CCO)CNCC(=O)Nc1cccc(Cl)c1. The smallest absolute Gasteiger partial charge is 0.238 e. The van der Waals surface area contributed by atoms with Crippen LogP contribution in [0.5, 0.6) is 0 Å². The highest BCUT2D eigenvalue weighted by molar-refractivity contribution is 6.30. The number of aliphatic hydroxyl groups excluding tert-OH is 1. The minimum Gasteiger partial charge on any atom is -0.396 e. The van der Waals surface area contributed by atoms with Crippen LogP contribution in [-0.4, -0.2) is 30.7 Å². The van der Waals surface area contributed by atoms with Gasteiger partial charge in [0.2, 0.25) is 5.91 Å². The number of anilines is 1. The zero-order valence-corrected chi connectivity index (χ0v) is 12.1. The first kappa shape index (κ1) is 16.0. The first-order valence-corrected chi connectivity index (χ1v) is 6.68. The number of nitrogens with one attached hydrogen (secondary N) is 2. The molecule has 1 aromatic rings. The standard InChI is InChI=1S/C14H21ClN2O2/c1-14(2,6-7-18)10-16-9-13(19)17-12-5-3-4-11(15)8-12/h3-5,8,16,18H,6-7,9-10H2,1-2H3,(H,17,19). The molecule has 0 radical (unpaired) electrons. The fraction of sp³-hybridized carbons (Fsp3) is 0.500. The van der Waals surface area contributed by atoms with Crippen molar-refractivity contribution < 1.29 is 9.90 Å². The van der Waals surface area contributed by atoms with Crippen molar-refractivity contribution in [2.45, 2.75) is 20.3 Å². The maximum atomic E-state index is 11.7. The first-order chi connectivity index (χ1) is 8.93. The Balaban J connectivity index is 2.32. The lowest BCUT2D eigenvalue weighted by molar-refractivity contribution is -0.115. The predicted molar refractivity (Wildman–Crippen MR) is 78.4 cm³/mol. The average molecular weight is 285 g/mol. The summed E-state index contributed by atoms with van der Waals surface area (Å²) in [4.78, 5) is 11.7. The Labute approximate surface area is 119 Å². The van der Waals surface area contributed by atoms with Gasteiger partial charge >= 0.3 is 0 Å². The Morgan fingerprint density at radius 3 is 2.79 bits per heavy atom. The molecular weight excluding hydrogens is 264 g/mol. The fourth-order valence-corrected chi connectivity index (χ4v) is 1.87. The van der Waals surface area contributed by atoms with E-state index in [2.05, 4.69) is 10.6 Å². The summed E-state index contributed by atoms with van der Waals surface area (Å²) in [6.45, 7) is 5.16. The number of aliphatic hydroxyl groups is 1. The zero-order chi connectivity index (χ0) is 14.3. The van der Waals surface area contributed by atoms with Crippen molar-refractivity contribution in [3.63, 3.8) is 0 Å². The molecule has 0 aliphatic rings. The van der Waals surface area contributed by atoms with E-state index < -0.39 is 0 Å². The molecule has 106 valence electrons. The van der Waals surface area contributed by atoms with Crippen LogP contribution >= 0.6 is 11.6 Å². The van der Waals surface area contributed by atoms with Gasteiger partial charge in [-0.1, -0.05) is 31.5 Å². The minimum absolute atomic E-state index is 0.0227. The molecule has 0 fully saturated rings. The van der Waals surface area contributed by atoms with Crippen molar-refractivity contribution in [1.82, 2.24) is 5.32 Å². The Kier molecular flexibility index (Phi) is 6.28. The van der Waals surface area contributed by atoms with Gasteiger partial charge in [0, 0.05) is 23.9 Å². The molecule has 0 aliphatic carbocycles. The average Bonchev–Trinajstić information content (AvgIpc) is 2.28. The maximum absolute atomic E-state index is 11.7. The molecule has 4 nitrogen and oxygen atoms in total. The van der Waals surface area contributed by atoms with Gasteiger partial charge in [-0.15, -0.1) is 0 Å². The van der Waals surface area contributed by atoms with Gasteiger partial charge < -0.3 is 15.7 Å². The zero-order valence-electron chi connectivity index (χ0n) is 11.4. The van der Waals surface area contributed by atoms with E-state index in [0.29, 0.717) is 23.7 Å². The molecule has 0 saturated carbocycles. The maximum Gasteiger partial charge on any atom is 0.238 e. The summed E-state index contributed by atoms with van der Waals surface area (Å²) in [6, 6.07) is 7.04. The predicted octanol–water partition coefficient (Wildman–Crippen LogP) is 2.28. The minimum atomic E-state index is -0.109. The third-order valence-electron chi connectivity index (χ3n) is 2.79. The Morgan fingerprint density at radius 1 is 1.42 bits per heavy atom. The number of carbonyl (C=O) groups excluding carboxylic acids is 1.